The lowest BCUT2D eigenvalue weighted by atomic mass is 9.61. The van der Waals surface area contributed by atoms with E-state index in [2.05, 4.69) is 6.58 Å². The van der Waals surface area contributed by atoms with E-state index >= 15 is 0 Å². The Morgan fingerprint density at radius 2 is 1.89 bits per heavy atom. The first-order chi connectivity index (χ1) is 17.5. The summed E-state index contributed by atoms with van der Waals surface area (Å²) < 4.78 is 12.0. The Hall–Kier alpha value is -3.92. The van der Waals surface area contributed by atoms with Crippen molar-refractivity contribution in [3.8, 4) is 5.75 Å². The number of primary amides is 1. The van der Waals surface area contributed by atoms with Crippen molar-refractivity contribution in [2.75, 3.05) is 6.26 Å². The number of aliphatic hydroxyl groups excluding tert-OH is 2. The molecule has 0 saturated heterocycles. The minimum Gasteiger partial charge on any atom is -0.511 e. The van der Waals surface area contributed by atoms with E-state index in [0.29, 0.717) is 16.8 Å². The predicted molar refractivity (Wildman–Crippen MR) is 139 cm³/mol. The average Bonchev–Trinajstić information content (AvgIpc) is 2.79. The molecule has 9 nitrogen and oxygen atoms in total. The maximum absolute atomic E-state index is 13.6. The molecule has 1 saturated carbocycles. The summed E-state index contributed by atoms with van der Waals surface area (Å²) in [5, 5.41) is 33.1. The summed E-state index contributed by atoms with van der Waals surface area (Å²) in [4.78, 5) is 37.8. The number of fused-ring (bicyclic) bond motifs is 3. The number of Topliss-reactive ketones (excluding diaryl/α,β-unsaturated/α-hetero) is 2. The number of carbonyl (C=O) groups is 3. The van der Waals surface area contributed by atoms with E-state index in [1.165, 1.54) is 6.26 Å². The van der Waals surface area contributed by atoms with Gasteiger partial charge in [-0.1, -0.05) is 24.8 Å². The lowest BCUT2D eigenvalue weighted by Crippen LogP contribution is -2.44. The van der Waals surface area contributed by atoms with Crippen LogP contribution in [0.1, 0.15) is 35.1 Å². The van der Waals surface area contributed by atoms with Gasteiger partial charge in [0.05, 0.1) is 17.2 Å². The van der Waals surface area contributed by atoms with Gasteiger partial charge >= 0.3 is 0 Å². The van der Waals surface area contributed by atoms with Crippen molar-refractivity contribution in [1.29, 1.82) is 0 Å². The molecule has 0 bridgehead atoms. The standard InChI is InChI=1S/C27H28N2O7S/c1-3-4-5-6-17(28)15-9-14(11-37(2)36)23(31)21-16(15)8-12-7-13-10-18(30)22(27(29)35)26(34)20(13)24(32)19(12)25(21)33/h3-6,9,12-13,20,31,33-34H,1,7-8,10-11,28H2,2H3,(H2,29,35)/b5-4-,17-6-. The van der Waals surface area contributed by atoms with Gasteiger partial charge in [0.15, 0.2) is 11.6 Å². The summed E-state index contributed by atoms with van der Waals surface area (Å²) in [5.41, 5.74) is 12.7. The topological polar surface area (TPSA) is 181 Å². The van der Waals surface area contributed by atoms with Gasteiger partial charge in [0.25, 0.3) is 5.91 Å². The van der Waals surface area contributed by atoms with Gasteiger partial charge in [-0.15, -0.1) is 0 Å². The highest BCUT2D eigenvalue weighted by molar-refractivity contribution is 7.83. The molecule has 0 spiro atoms. The maximum atomic E-state index is 13.6. The number of phenols is 1. The molecule has 1 fully saturated rings. The summed E-state index contributed by atoms with van der Waals surface area (Å²) in [6.07, 6.45) is 8.40. The van der Waals surface area contributed by atoms with Crippen LogP contribution in [0.3, 0.4) is 0 Å². The Bertz CT molecular complexity index is 1400. The van der Waals surface area contributed by atoms with E-state index in [1.54, 1.807) is 30.4 Å². The second-order valence-corrected chi connectivity index (χ2v) is 10.9. The van der Waals surface area contributed by atoms with Crippen LogP contribution in [0.2, 0.25) is 0 Å². The van der Waals surface area contributed by atoms with E-state index < -0.39 is 63.1 Å². The molecule has 1 aromatic carbocycles. The van der Waals surface area contributed by atoms with Gasteiger partial charge in [0.2, 0.25) is 0 Å². The van der Waals surface area contributed by atoms with Crippen LogP contribution < -0.4 is 11.5 Å². The van der Waals surface area contributed by atoms with E-state index in [1.807, 2.05) is 0 Å². The van der Waals surface area contributed by atoms with Crippen LogP contribution >= 0.6 is 0 Å². The zero-order chi connectivity index (χ0) is 27.2. The third kappa shape index (κ3) is 4.42. The largest absolute Gasteiger partial charge is 0.511 e. The highest BCUT2D eigenvalue weighted by Crippen LogP contribution is 2.51. The number of amides is 1. The molecule has 10 heteroatoms. The van der Waals surface area contributed by atoms with Crippen LogP contribution in [-0.2, 0) is 37.4 Å². The van der Waals surface area contributed by atoms with Crippen LogP contribution in [0.15, 0.2) is 53.9 Å². The van der Waals surface area contributed by atoms with Crippen molar-refractivity contribution in [3.05, 3.63) is 76.1 Å². The third-order valence-corrected chi connectivity index (χ3v) is 7.88. The Morgan fingerprint density at radius 3 is 2.51 bits per heavy atom. The quantitative estimate of drug-likeness (QED) is 0.277. The molecule has 4 rings (SSSR count). The van der Waals surface area contributed by atoms with Crippen molar-refractivity contribution in [2.45, 2.75) is 25.0 Å². The molecule has 37 heavy (non-hydrogen) atoms. The molecule has 3 aliphatic rings. The Balaban J connectivity index is 1.94. The van der Waals surface area contributed by atoms with Crippen LogP contribution in [0.4, 0.5) is 0 Å². The van der Waals surface area contributed by atoms with E-state index in [0.717, 1.165) is 0 Å². The molecule has 4 unspecified atom stereocenters. The van der Waals surface area contributed by atoms with Crippen molar-refractivity contribution < 1.29 is 33.9 Å². The Labute approximate surface area is 216 Å². The second-order valence-electron chi connectivity index (χ2n) is 9.50. The SMILES string of the molecule is C=C/C=C\C=C(/N)c1cc(CS(C)=O)c(O)c2c1CC1CC3CC(=O)C(C(N)=O)=C(O)C3C(=O)C1=C2O. The van der Waals surface area contributed by atoms with Gasteiger partial charge in [-0.05, 0) is 42.4 Å². The Kier molecular flexibility index (Phi) is 6.96. The zero-order valence-corrected chi connectivity index (χ0v) is 21.0. The number of aromatic hydroxyl groups is 1. The summed E-state index contributed by atoms with van der Waals surface area (Å²) in [6, 6.07) is 1.63. The molecular formula is C27H28N2O7S. The molecule has 1 aromatic rings. The van der Waals surface area contributed by atoms with E-state index in [4.69, 9.17) is 11.5 Å². The lowest BCUT2D eigenvalue weighted by molar-refractivity contribution is -0.127. The van der Waals surface area contributed by atoms with Gasteiger partial charge in [-0.3, -0.25) is 18.6 Å². The summed E-state index contributed by atoms with van der Waals surface area (Å²) in [5.74, 6) is -6.11. The molecule has 3 aliphatic carbocycles. The number of hydrogen-bond acceptors (Lipinski definition) is 8. The van der Waals surface area contributed by atoms with Gasteiger partial charge in [-0.2, -0.15) is 0 Å². The lowest BCUT2D eigenvalue weighted by Gasteiger charge is -2.41. The first kappa shape index (κ1) is 26.2. The molecular weight excluding hydrogens is 496 g/mol. The van der Waals surface area contributed by atoms with Crippen LogP contribution in [0.5, 0.6) is 5.75 Å². The molecule has 1 amide bonds. The highest BCUT2D eigenvalue weighted by atomic mass is 32.2. The molecule has 0 radical (unpaired) electrons. The van der Waals surface area contributed by atoms with Crippen molar-refractivity contribution >= 4 is 39.7 Å². The number of phenolic OH excluding ortho intramolecular Hbond substituents is 1. The van der Waals surface area contributed by atoms with Gasteiger partial charge in [-0.25, -0.2) is 0 Å². The average molecular weight is 525 g/mol. The van der Waals surface area contributed by atoms with E-state index in [9.17, 15) is 33.9 Å². The second kappa shape index (κ2) is 9.85. The molecule has 194 valence electrons. The smallest absolute Gasteiger partial charge is 0.255 e. The maximum Gasteiger partial charge on any atom is 0.255 e. The van der Waals surface area contributed by atoms with Crippen molar-refractivity contribution in [2.24, 2.45) is 29.2 Å². The minimum atomic E-state index is -1.33. The number of rotatable bonds is 6. The fourth-order valence-corrected chi connectivity index (χ4v) is 6.34. The zero-order valence-electron chi connectivity index (χ0n) is 20.2. The molecule has 0 heterocycles. The summed E-state index contributed by atoms with van der Waals surface area (Å²) in [6.45, 7) is 3.61. The molecule has 0 aromatic heterocycles. The highest BCUT2D eigenvalue weighted by Gasteiger charge is 2.51. The van der Waals surface area contributed by atoms with Crippen molar-refractivity contribution in [1.82, 2.24) is 0 Å². The summed E-state index contributed by atoms with van der Waals surface area (Å²) in [7, 11) is -1.33. The number of carbonyl (C=O) groups excluding carboxylic acids is 3. The van der Waals surface area contributed by atoms with E-state index in [-0.39, 0.29) is 47.5 Å². The fraction of sp³-hybridized carbons (Fsp3) is 0.296. The predicted octanol–water partition coefficient (Wildman–Crippen LogP) is 2.23. The molecule has 0 aliphatic heterocycles. The van der Waals surface area contributed by atoms with Crippen molar-refractivity contribution in [3.63, 3.8) is 0 Å². The number of ketones is 2. The third-order valence-electron chi connectivity index (χ3n) is 7.16. The van der Waals surface area contributed by atoms with Crippen LogP contribution in [0.25, 0.3) is 11.5 Å². The van der Waals surface area contributed by atoms with Gasteiger partial charge in [0.1, 0.15) is 22.8 Å². The van der Waals surface area contributed by atoms with Crippen LogP contribution in [-0.4, -0.2) is 43.3 Å². The monoisotopic (exact) mass is 524 g/mol. The fourth-order valence-electron chi connectivity index (χ4n) is 5.68. The molecule has 7 N–H and O–H groups in total. The number of allylic oxidation sites excluding steroid dienone is 6. The normalized spacial score (nSPS) is 24.6. The number of benzene rings is 1. The number of hydrogen-bond donors (Lipinski definition) is 5. The first-order valence-electron chi connectivity index (χ1n) is 11.6. The minimum absolute atomic E-state index is 0.00333. The van der Waals surface area contributed by atoms with Gasteiger partial charge < -0.3 is 26.8 Å². The summed E-state index contributed by atoms with van der Waals surface area (Å²) >= 11 is 0. The Morgan fingerprint density at radius 1 is 1.19 bits per heavy atom. The van der Waals surface area contributed by atoms with Gasteiger partial charge in [0, 0.05) is 45.9 Å². The number of nitrogens with two attached hydrogens (primary N) is 2. The first-order valence-corrected chi connectivity index (χ1v) is 13.4. The van der Waals surface area contributed by atoms with Crippen LogP contribution in [0, 0.1) is 17.8 Å². The molecule has 4 atom stereocenters. The number of aliphatic hydroxyl groups is 2.